The molecular formula is C14H19N3O. The molecule has 18 heavy (non-hydrogen) atoms. The second-order valence-electron chi connectivity index (χ2n) is 5.16. The van der Waals surface area contributed by atoms with E-state index < -0.39 is 0 Å². The number of nitrogens with one attached hydrogen (secondary N) is 1. The summed E-state index contributed by atoms with van der Waals surface area (Å²) in [4.78, 5) is 4.35. The Morgan fingerprint density at radius 1 is 1.56 bits per heavy atom. The van der Waals surface area contributed by atoms with Gasteiger partial charge in [-0.05, 0) is 49.5 Å². The molecule has 4 nitrogen and oxygen atoms in total. The third-order valence-corrected chi connectivity index (χ3v) is 3.70. The minimum Gasteiger partial charge on any atom is -0.441 e. The fraction of sp³-hybridized carbons (Fsp3) is 0.500. The first-order valence-electron chi connectivity index (χ1n) is 6.56. The fourth-order valence-electron chi connectivity index (χ4n) is 2.70. The van der Waals surface area contributed by atoms with E-state index in [0.717, 1.165) is 36.2 Å². The molecule has 1 saturated heterocycles. The van der Waals surface area contributed by atoms with Crippen molar-refractivity contribution in [2.45, 2.75) is 25.8 Å². The van der Waals surface area contributed by atoms with Crippen molar-refractivity contribution in [2.75, 3.05) is 13.1 Å². The molecule has 0 radical (unpaired) electrons. The zero-order valence-electron chi connectivity index (χ0n) is 10.6. The maximum atomic E-state index is 6.29. The van der Waals surface area contributed by atoms with Gasteiger partial charge < -0.3 is 15.5 Å². The van der Waals surface area contributed by atoms with E-state index in [-0.39, 0.29) is 6.04 Å². The monoisotopic (exact) mass is 245 g/mol. The number of oxazole rings is 1. The minimum absolute atomic E-state index is 0.0938. The predicted molar refractivity (Wildman–Crippen MR) is 71.3 cm³/mol. The van der Waals surface area contributed by atoms with Crippen LogP contribution in [-0.2, 0) is 0 Å². The van der Waals surface area contributed by atoms with E-state index in [1.54, 1.807) is 0 Å². The van der Waals surface area contributed by atoms with Crippen LogP contribution in [-0.4, -0.2) is 18.1 Å². The molecule has 1 aromatic carbocycles. The molecule has 3 N–H and O–H groups in total. The Morgan fingerprint density at radius 3 is 3.22 bits per heavy atom. The summed E-state index contributed by atoms with van der Waals surface area (Å²) in [5, 5.41) is 3.38. The lowest BCUT2D eigenvalue weighted by Crippen LogP contribution is -2.17. The smallest absolute Gasteiger partial charge is 0.192 e. The van der Waals surface area contributed by atoms with Crippen LogP contribution in [0.3, 0.4) is 0 Å². The van der Waals surface area contributed by atoms with Crippen LogP contribution >= 0.6 is 0 Å². The number of aryl methyl sites for hydroxylation is 1. The van der Waals surface area contributed by atoms with Gasteiger partial charge in [-0.15, -0.1) is 0 Å². The lowest BCUT2D eigenvalue weighted by Gasteiger charge is -2.16. The number of hydrogen-bond acceptors (Lipinski definition) is 4. The minimum atomic E-state index is 0.0938. The molecule has 2 unspecified atom stereocenters. The van der Waals surface area contributed by atoms with E-state index in [2.05, 4.69) is 22.4 Å². The summed E-state index contributed by atoms with van der Waals surface area (Å²) < 4.78 is 5.47. The average Bonchev–Trinajstić information content (AvgIpc) is 2.95. The van der Waals surface area contributed by atoms with E-state index >= 15 is 0 Å². The van der Waals surface area contributed by atoms with Gasteiger partial charge in [0.25, 0.3) is 0 Å². The highest BCUT2D eigenvalue weighted by molar-refractivity contribution is 5.73. The largest absolute Gasteiger partial charge is 0.441 e. The van der Waals surface area contributed by atoms with E-state index in [1.165, 1.54) is 6.42 Å². The number of hydrogen-bond donors (Lipinski definition) is 2. The second kappa shape index (κ2) is 4.71. The van der Waals surface area contributed by atoms with E-state index in [1.807, 2.05) is 13.0 Å². The summed E-state index contributed by atoms with van der Waals surface area (Å²) in [7, 11) is 0. The van der Waals surface area contributed by atoms with Crippen LogP contribution in [0, 0.1) is 12.8 Å². The lowest BCUT2D eigenvalue weighted by atomic mass is 9.94. The molecule has 0 amide bonds. The predicted octanol–water partition coefficient (Wildman–Crippen LogP) is 2.14. The number of nitrogens with two attached hydrogens (primary N) is 1. The van der Waals surface area contributed by atoms with Crippen LogP contribution in [0.4, 0.5) is 0 Å². The summed E-state index contributed by atoms with van der Waals surface area (Å²) >= 11 is 0. The third kappa shape index (κ3) is 2.26. The van der Waals surface area contributed by atoms with Crippen LogP contribution in [0.25, 0.3) is 11.1 Å². The summed E-state index contributed by atoms with van der Waals surface area (Å²) in [6.45, 7) is 4.09. The number of rotatable bonds is 3. The van der Waals surface area contributed by atoms with Crippen molar-refractivity contribution < 1.29 is 4.42 Å². The third-order valence-electron chi connectivity index (χ3n) is 3.70. The number of aromatic nitrogens is 1. The lowest BCUT2D eigenvalue weighted by molar-refractivity contribution is 0.473. The van der Waals surface area contributed by atoms with Crippen LogP contribution in [0.15, 0.2) is 22.6 Å². The first kappa shape index (κ1) is 11.7. The van der Waals surface area contributed by atoms with Crippen LogP contribution in [0.1, 0.15) is 30.3 Å². The average molecular weight is 245 g/mol. The highest BCUT2D eigenvalue weighted by atomic mass is 16.3. The quantitative estimate of drug-likeness (QED) is 0.869. The first-order chi connectivity index (χ1) is 8.72. The van der Waals surface area contributed by atoms with Gasteiger partial charge in [-0.2, -0.15) is 0 Å². The number of nitrogens with zero attached hydrogens (tertiary/aromatic N) is 1. The van der Waals surface area contributed by atoms with Crippen molar-refractivity contribution in [2.24, 2.45) is 11.7 Å². The molecule has 3 rings (SSSR count). The molecule has 0 spiro atoms. The van der Waals surface area contributed by atoms with Crippen molar-refractivity contribution in [1.29, 1.82) is 0 Å². The Kier molecular flexibility index (Phi) is 3.06. The molecule has 0 saturated carbocycles. The Balaban J connectivity index is 1.79. The second-order valence-corrected chi connectivity index (χ2v) is 5.16. The summed E-state index contributed by atoms with van der Waals surface area (Å²) in [5.74, 6) is 1.41. The van der Waals surface area contributed by atoms with Crippen molar-refractivity contribution in [1.82, 2.24) is 10.3 Å². The van der Waals surface area contributed by atoms with Gasteiger partial charge in [-0.3, -0.25) is 0 Å². The highest BCUT2D eigenvalue weighted by Gasteiger charge is 2.19. The first-order valence-corrected chi connectivity index (χ1v) is 6.56. The number of benzene rings is 1. The normalized spacial score (nSPS) is 21.6. The zero-order valence-corrected chi connectivity index (χ0v) is 10.6. The van der Waals surface area contributed by atoms with Gasteiger partial charge in [0.2, 0.25) is 0 Å². The molecule has 4 heteroatoms. The molecule has 1 aliphatic heterocycles. The van der Waals surface area contributed by atoms with Gasteiger partial charge in [0.1, 0.15) is 5.52 Å². The zero-order chi connectivity index (χ0) is 12.5. The Hall–Kier alpha value is -1.39. The van der Waals surface area contributed by atoms with Gasteiger partial charge in [-0.1, -0.05) is 6.07 Å². The highest BCUT2D eigenvalue weighted by Crippen LogP contribution is 2.25. The standard InChI is InChI=1S/C14H19N3O/c1-9-17-13-7-11(2-3-14(13)18-9)12(15)6-10-4-5-16-8-10/h2-3,7,10,12,16H,4-6,8,15H2,1H3. The Bertz CT molecular complexity index is 543. The molecular weight excluding hydrogens is 226 g/mol. The van der Waals surface area contributed by atoms with Crippen molar-refractivity contribution >= 4 is 11.1 Å². The Labute approximate surface area is 107 Å². The maximum absolute atomic E-state index is 6.29. The molecule has 1 fully saturated rings. The SMILES string of the molecule is Cc1nc2cc(C(N)CC3CCNC3)ccc2o1. The molecule has 96 valence electrons. The van der Waals surface area contributed by atoms with Gasteiger partial charge in [0.05, 0.1) is 0 Å². The van der Waals surface area contributed by atoms with Crippen molar-refractivity contribution in [3.05, 3.63) is 29.7 Å². The van der Waals surface area contributed by atoms with Gasteiger partial charge in [0.15, 0.2) is 11.5 Å². The maximum Gasteiger partial charge on any atom is 0.192 e. The van der Waals surface area contributed by atoms with Gasteiger partial charge >= 0.3 is 0 Å². The molecule has 2 aromatic rings. The number of fused-ring (bicyclic) bond motifs is 1. The topological polar surface area (TPSA) is 64.1 Å². The van der Waals surface area contributed by atoms with Crippen LogP contribution in [0.5, 0.6) is 0 Å². The molecule has 0 bridgehead atoms. The van der Waals surface area contributed by atoms with Crippen molar-refractivity contribution in [3.63, 3.8) is 0 Å². The molecule has 2 heterocycles. The fourth-order valence-corrected chi connectivity index (χ4v) is 2.70. The molecule has 1 aromatic heterocycles. The summed E-state index contributed by atoms with van der Waals surface area (Å²) in [5.41, 5.74) is 9.19. The molecule has 0 aliphatic carbocycles. The summed E-state index contributed by atoms with van der Waals surface area (Å²) in [6.07, 6.45) is 2.27. The van der Waals surface area contributed by atoms with Gasteiger partial charge in [-0.25, -0.2) is 4.98 Å². The molecule has 2 atom stereocenters. The van der Waals surface area contributed by atoms with E-state index in [9.17, 15) is 0 Å². The van der Waals surface area contributed by atoms with E-state index in [4.69, 9.17) is 10.2 Å². The van der Waals surface area contributed by atoms with Crippen LogP contribution < -0.4 is 11.1 Å². The van der Waals surface area contributed by atoms with E-state index in [0.29, 0.717) is 11.8 Å². The summed E-state index contributed by atoms with van der Waals surface area (Å²) in [6, 6.07) is 6.17. The van der Waals surface area contributed by atoms with Crippen LogP contribution in [0.2, 0.25) is 0 Å². The van der Waals surface area contributed by atoms with Gasteiger partial charge in [0, 0.05) is 13.0 Å². The Morgan fingerprint density at radius 2 is 2.44 bits per heavy atom. The molecule has 1 aliphatic rings. The van der Waals surface area contributed by atoms with Crippen molar-refractivity contribution in [3.8, 4) is 0 Å².